The molecule has 0 unspecified atom stereocenters. The number of halogens is 2. The van der Waals surface area contributed by atoms with Crippen LogP contribution in [-0.4, -0.2) is 25.9 Å². The Morgan fingerprint density at radius 3 is 2.51 bits per heavy atom. The minimum atomic E-state index is -0.583. The predicted molar refractivity (Wildman–Crippen MR) is 165 cm³/mol. The Labute approximate surface area is 257 Å². The second kappa shape index (κ2) is 13.2. The van der Waals surface area contributed by atoms with E-state index in [1.807, 2.05) is 54.6 Å². The predicted octanol–water partition coefficient (Wildman–Crippen LogP) is 6.15. The van der Waals surface area contributed by atoms with Gasteiger partial charge in [0.05, 0.1) is 46.1 Å². The number of nitrogens with two attached hydrogens (primary N) is 1. The van der Waals surface area contributed by atoms with E-state index in [0.29, 0.717) is 56.4 Å². The summed E-state index contributed by atoms with van der Waals surface area (Å²) in [6.07, 6.45) is 3.95. The molecule has 43 heavy (non-hydrogen) atoms. The van der Waals surface area contributed by atoms with Crippen LogP contribution in [0.2, 0.25) is 10.0 Å². The molecule has 0 spiro atoms. The molecule has 0 aliphatic rings. The molecule has 5 rings (SSSR count). The van der Waals surface area contributed by atoms with Crippen molar-refractivity contribution in [3.8, 4) is 12.1 Å². The first-order valence-corrected chi connectivity index (χ1v) is 14.0. The van der Waals surface area contributed by atoms with Gasteiger partial charge in [-0.1, -0.05) is 76.9 Å². The third kappa shape index (κ3) is 6.68. The van der Waals surface area contributed by atoms with Crippen LogP contribution in [0.15, 0.2) is 79.1 Å². The van der Waals surface area contributed by atoms with E-state index in [4.69, 9.17) is 28.9 Å². The molecule has 214 valence electrons. The fourth-order valence-electron chi connectivity index (χ4n) is 4.84. The lowest BCUT2D eigenvalue weighted by atomic mass is 10.00. The molecule has 0 saturated carbocycles. The number of aromatic nitrogens is 4. The number of carbonyl (C=O) groups excluding carboxylic acids is 1. The molecule has 0 radical (unpaired) electrons. The van der Waals surface area contributed by atoms with Crippen molar-refractivity contribution < 1.29 is 4.79 Å². The Bertz CT molecular complexity index is 1860. The first kappa shape index (κ1) is 29.3. The van der Waals surface area contributed by atoms with Crippen LogP contribution in [0.3, 0.4) is 0 Å². The second-order valence-electron chi connectivity index (χ2n) is 9.72. The second-order valence-corrected chi connectivity index (χ2v) is 10.5. The van der Waals surface area contributed by atoms with Crippen LogP contribution in [0.4, 0.5) is 11.4 Å². The van der Waals surface area contributed by atoms with Gasteiger partial charge in [0.1, 0.15) is 18.3 Å². The van der Waals surface area contributed by atoms with Crippen molar-refractivity contribution in [1.82, 2.24) is 20.0 Å². The van der Waals surface area contributed by atoms with Crippen LogP contribution >= 0.6 is 23.2 Å². The molecule has 5 aromatic rings. The van der Waals surface area contributed by atoms with E-state index in [-0.39, 0.29) is 12.6 Å². The maximum Gasteiger partial charge on any atom is 0.239 e. The summed E-state index contributed by atoms with van der Waals surface area (Å²) in [7, 11) is 0. The number of pyridine rings is 1. The lowest BCUT2D eigenvalue weighted by molar-refractivity contribution is -0.118. The first-order valence-electron chi connectivity index (χ1n) is 13.3. The van der Waals surface area contributed by atoms with Gasteiger partial charge in [0.25, 0.3) is 0 Å². The largest absolute Gasteiger partial charge is 0.377 e. The number of nitrogens with one attached hydrogen (secondary N) is 2. The molecule has 0 saturated heterocycles. The molecular weight excluding hydrogens is 585 g/mol. The zero-order valence-electron chi connectivity index (χ0n) is 22.7. The SMILES string of the molecule is N#CCC[C@@H](Nc1c(C#N)cnc2c(Cl)cc(N[C@H](c3cn(CC(N)=O)nn3)c3ccccc3Cl)cc12)c1ccccc1. The number of carbonyl (C=O) groups is 1. The number of benzene rings is 3. The summed E-state index contributed by atoms with van der Waals surface area (Å²) < 4.78 is 1.35. The lowest BCUT2D eigenvalue weighted by Crippen LogP contribution is -2.19. The molecule has 12 heteroatoms. The summed E-state index contributed by atoms with van der Waals surface area (Å²) in [6.45, 7) is -0.129. The number of hydrogen-bond donors (Lipinski definition) is 3. The minimum Gasteiger partial charge on any atom is -0.377 e. The van der Waals surface area contributed by atoms with Gasteiger partial charge in [0.2, 0.25) is 5.91 Å². The van der Waals surface area contributed by atoms with Crippen LogP contribution in [0, 0.1) is 22.7 Å². The third-order valence-electron chi connectivity index (χ3n) is 6.81. The summed E-state index contributed by atoms with van der Waals surface area (Å²) in [5.41, 5.74) is 9.51. The number of nitriles is 2. The Kier molecular flexibility index (Phi) is 9.02. The number of primary amides is 1. The maximum atomic E-state index is 11.5. The van der Waals surface area contributed by atoms with Gasteiger partial charge in [-0.3, -0.25) is 9.78 Å². The first-order chi connectivity index (χ1) is 20.9. The topological polar surface area (TPSA) is 158 Å². The summed E-state index contributed by atoms with van der Waals surface area (Å²) >= 11 is 13.4. The average Bonchev–Trinajstić information content (AvgIpc) is 3.46. The van der Waals surface area contributed by atoms with Gasteiger partial charge >= 0.3 is 0 Å². The standard InChI is InChI=1S/C31H25Cl2N9O/c32-24-10-5-4-9-22(24)31(27-17-42(41-40-27)18-28(36)43)38-21-13-23-29(20(15-35)16-37-30(23)25(33)14-21)39-26(11-6-12-34)19-7-2-1-3-8-19/h1-5,7-10,13-14,16-17,26,31,38H,6,11,18H2,(H2,36,43)(H,37,39)/t26-,31+/m1/s1. The van der Waals surface area contributed by atoms with Crippen LogP contribution < -0.4 is 16.4 Å². The third-order valence-corrected chi connectivity index (χ3v) is 7.44. The van der Waals surface area contributed by atoms with Crippen molar-refractivity contribution >= 4 is 51.4 Å². The number of amides is 1. The Hall–Kier alpha value is -5.16. The molecule has 2 atom stereocenters. The van der Waals surface area contributed by atoms with Crippen LogP contribution in [0.5, 0.6) is 0 Å². The molecule has 0 aliphatic heterocycles. The van der Waals surface area contributed by atoms with Crippen molar-refractivity contribution in [2.75, 3.05) is 10.6 Å². The summed E-state index contributed by atoms with van der Waals surface area (Å²) in [4.78, 5) is 15.9. The molecule has 10 nitrogen and oxygen atoms in total. The Morgan fingerprint density at radius 1 is 1.02 bits per heavy atom. The summed E-state index contributed by atoms with van der Waals surface area (Å²) in [5, 5.41) is 36.1. The molecule has 0 bridgehead atoms. The molecule has 0 aliphatic carbocycles. The van der Waals surface area contributed by atoms with Crippen LogP contribution in [0.1, 0.15) is 47.3 Å². The number of anilines is 2. The van der Waals surface area contributed by atoms with Gasteiger partial charge in [0, 0.05) is 28.7 Å². The van der Waals surface area contributed by atoms with Gasteiger partial charge in [-0.25, -0.2) is 4.68 Å². The smallest absolute Gasteiger partial charge is 0.239 e. The van der Waals surface area contributed by atoms with Crippen molar-refractivity contribution in [3.05, 3.63) is 112 Å². The van der Waals surface area contributed by atoms with E-state index >= 15 is 0 Å². The maximum absolute atomic E-state index is 11.5. The van der Waals surface area contributed by atoms with E-state index in [1.54, 1.807) is 18.3 Å². The molecular formula is C31H25Cl2N9O. The highest BCUT2D eigenvalue weighted by Gasteiger charge is 2.23. The van der Waals surface area contributed by atoms with E-state index < -0.39 is 11.9 Å². The van der Waals surface area contributed by atoms with E-state index in [1.165, 1.54) is 10.9 Å². The van der Waals surface area contributed by atoms with Crippen LogP contribution in [0.25, 0.3) is 10.9 Å². The molecule has 2 heterocycles. The Balaban J connectivity index is 1.60. The highest BCUT2D eigenvalue weighted by Crippen LogP contribution is 2.38. The fourth-order valence-corrected chi connectivity index (χ4v) is 5.36. The number of hydrogen-bond acceptors (Lipinski definition) is 8. The van der Waals surface area contributed by atoms with E-state index in [0.717, 1.165) is 11.1 Å². The van der Waals surface area contributed by atoms with Gasteiger partial charge in [-0.05, 0) is 35.7 Å². The highest BCUT2D eigenvalue weighted by atomic mass is 35.5. The number of rotatable bonds is 11. The van der Waals surface area contributed by atoms with Crippen molar-refractivity contribution in [1.29, 1.82) is 10.5 Å². The highest BCUT2D eigenvalue weighted by molar-refractivity contribution is 6.36. The number of nitrogens with zero attached hydrogens (tertiary/aromatic N) is 6. The van der Waals surface area contributed by atoms with Crippen molar-refractivity contribution in [2.24, 2.45) is 5.73 Å². The molecule has 1 amide bonds. The monoisotopic (exact) mass is 609 g/mol. The lowest BCUT2D eigenvalue weighted by Gasteiger charge is -2.23. The molecule has 2 aromatic heterocycles. The van der Waals surface area contributed by atoms with Crippen molar-refractivity contribution in [2.45, 2.75) is 31.5 Å². The molecule has 0 fully saturated rings. The van der Waals surface area contributed by atoms with E-state index in [2.05, 4.69) is 38.1 Å². The number of fused-ring (bicyclic) bond motifs is 1. The average molecular weight is 611 g/mol. The van der Waals surface area contributed by atoms with E-state index in [9.17, 15) is 15.3 Å². The quantitative estimate of drug-likeness (QED) is 0.161. The van der Waals surface area contributed by atoms with Crippen molar-refractivity contribution in [3.63, 3.8) is 0 Å². The van der Waals surface area contributed by atoms with Gasteiger partial charge in [-0.15, -0.1) is 5.10 Å². The Morgan fingerprint density at radius 2 is 1.79 bits per heavy atom. The molecule has 3 aromatic carbocycles. The zero-order chi connectivity index (χ0) is 30.3. The van der Waals surface area contributed by atoms with Gasteiger partial charge in [0.15, 0.2) is 0 Å². The summed E-state index contributed by atoms with van der Waals surface area (Å²) in [5.74, 6) is -0.551. The van der Waals surface area contributed by atoms with Gasteiger partial charge in [-0.2, -0.15) is 10.5 Å². The van der Waals surface area contributed by atoms with Gasteiger partial charge < -0.3 is 16.4 Å². The fraction of sp³-hybridized carbons (Fsp3) is 0.161. The minimum absolute atomic E-state index is 0.129. The molecule has 4 N–H and O–H groups in total. The van der Waals surface area contributed by atoms with Crippen LogP contribution in [-0.2, 0) is 11.3 Å². The zero-order valence-corrected chi connectivity index (χ0v) is 24.2. The normalized spacial score (nSPS) is 12.2. The summed E-state index contributed by atoms with van der Waals surface area (Å²) in [6, 6.07) is 24.2.